The monoisotopic (exact) mass is 291 g/mol. The van der Waals surface area contributed by atoms with Gasteiger partial charge in [0.25, 0.3) is 5.91 Å². The van der Waals surface area contributed by atoms with E-state index in [4.69, 9.17) is 0 Å². The van der Waals surface area contributed by atoms with Crippen molar-refractivity contribution in [2.45, 2.75) is 45.1 Å². The van der Waals surface area contributed by atoms with E-state index >= 15 is 0 Å². The lowest BCUT2D eigenvalue weighted by atomic mass is 9.93. The van der Waals surface area contributed by atoms with Crippen LogP contribution >= 0.6 is 0 Å². The molecule has 0 atom stereocenters. The molecule has 0 aromatic heterocycles. The predicted octanol–water partition coefficient (Wildman–Crippen LogP) is 2.04. The molecule has 0 aliphatic heterocycles. The zero-order chi connectivity index (χ0) is 15.6. The molecule has 0 heterocycles. The summed E-state index contributed by atoms with van der Waals surface area (Å²) in [7, 11) is 0. The lowest BCUT2D eigenvalue weighted by molar-refractivity contribution is 0.0685. The summed E-state index contributed by atoms with van der Waals surface area (Å²) in [5.41, 5.74) is 0.813. The van der Waals surface area contributed by atoms with Gasteiger partial charge in [-0.15, -0.1) is 0 Å². The molecule has 2 rings (SSSR count). The Bertz CT molecular complexity index is 574. The number of rotatable bonds is 4. The van der Waals surface area contributed by atoms with Crippen molar-refractivity contribution in [3.63, 3.8) is 0 Å². The van der Waals surface area contributed by atoms with Crippen molar-refractivity contribution < 1.29 is 19.8 Å². The molecule has 1 aliphatic rings. The lowest BCUT2D eigenvalue weighted by Gasteiger charge is -2.28. The molecule has 3 N–H and O–H groups in total. The average molecular weight is 291 g/mol. The van der Waals surface area contributed by atoms with Gasteiger partial charge >= 0.3 is 5.97 Å². The first-order valence-corrected chi connectivity index (χ1v) is 7.17. The summed E-state index contributed by atoms with van der Waals surface area (Å²) in [6.07, 6.45) is 3.36. The van der Waals surface area contributed by atoms with Crippen molar-refractivity contribution >= 4 is 11.9 Å². The van der Waals surface area contributed by atoms with Crippen LogP contribution < -0.4 is 5.32 Å². The highest BCUT2D eigenvalue weighted by Gasteiger charge is 2.36. The van der Waals surface area contributed by atoms with Gasteiger partial charge in [-0.05, 0) is 37.8 Å². The maximum absolute atomic E-state index is 12.6. The number of hydrogen-bond donors (Lipinski definition) is 3. The number of aliphatic hydroxyl groups excluding tert-OH is 1. The summed E-state index contributed by atoms with van der Waals surface area (Å²) in [6, 6.07) is 3.45. The number of carboxylic acids is 1. The molecule has 1 amide bonds. The van der Waals surface area contributed by atoms with Crippen LogP contribution in [0.4, 0.5) is 0 Å². The van der Waals surface area contributed by atoms with Crippen molar-refractivity contribution in [2.75, 3.05) is 6.61 Å². The first-order valence-electron chi connectivity index (χ1n) is 7.17. The number of aliphatic hydroxyl groups is 1. The summed E-state index contributed by atoms with van der Waals surface area (Å²) in [4.78, 5) is 24.0. The van der Waals surface area contributed by atoms with Crippen molar-refractivity contribution in [3.05, 3.63) is 34.4 Å². The fraction of sp³-hybridized carbons (Fsp3) is 0.500. The van der Waals surface area contributed by atoms with Crippen LogP contribution in [-0.2, 0) is 0 Å². The summed E-state index contributed by atoms with van der Waals surface area (Å²) >= 11 is 0. The largest absolute Gasteiger partial charge is 0.478 e. The van der Waals surface area contributed by atoms with Gasteiger partial charge in [0, 0.05) is 0 Å². The van der Waals surface area contributed by atoms with Crippen LogP contribution in [0, 0.1) is 13.8 Å². The number of hydrogen-bond acceptors (Lipinski definition) is 3. The van der Waals surface area contributed by atoms with Gasteiger partial charge in [0.15, 0.2) is 0 Å². The minimum Gasteiger partial charge on any atom is -0.478 e. The Hall–Kier alpha value is -1.88. The van der Waals surface area contributed by atoms with Crippen LogP contribution in [0.2, 0.25) is 0 Å². The second-order valence-electron chi connectivity index (χ2n) is 5.85. The van der Waals surface area contributed by atoms with Crippen molar-refractivity contribution in [1.82, 2.24) is 5.32 Å². The topological polar surface area (TPSA) is 86.6 Å². The van der Waals surface area contributed by atoms with Crippen LogP contribution in [0.25, 0.3) is 0 Å². The fourth-order valence-electron chi connectivity index (χ4n) is 3.06. The second-order valence-corrected chi connectivity index (χ2v) is 5.85. The number of amides is 1. The van der Waals surface area contributed by atoms with Gasteiger partial charge in [0.05, 0.1) is 23.3 Å². The third-order valence-corrected chi connectivity index (χ3v) is 4.30. The minimum atomic E-state index is -1.11. The third-order valence-electron chi connectivity index (χ3n) is 4.30. The number of carbonyl (C=O) groups is 2. The molecule has 1 fully saturated rings. The Balaban J connectivity index is 2.39. The smallest absolute Gasteiger partial charge is 0.336 e. The van der Waals surface area contributed by atoms with Gasteiger partial charge < -0.3 is 15.5 Å². The number of nitrogens with one attached hydrogen (secondary N) is 1. The molecule has 5 heteroatoms. The summed E-state index contributed by atoms with van der Waals surface area (Å²) < 4.78 is 0. The highest BCUT2D eigenvalue weighted by atomic mass is 16.4. The molecule has 1 aromatic rings. The molecule has 0 bridgehead atoms. The van der Waals surface area contributed by atoms with E-state index in [1.165, 1.54) is 0 Å². The van der Waals surface area contributed by atoms with Crippen molar-refractivity contribution in [1.29, 1.82) is 0 Å². The second kappa shape index (κ2) is 5.85. The van der Waals surface area contributed by atoms with Gasteiger partial charge in [-0.1, -0.05) is 25.0 Å². The third kappa shape index (κ3) is 2.93. The summed E-state index contributed by atoms with van der Waals surface area (Å²) in [5.74, 6) is -1.52. The van der Waals surface area contributed by atoms with Gasteiger partial charge in [-0.2, -0.15) is 0 Å². The molecule has 0 spiro atoms. The maximum Gasteiger partial charge on any atom is 0.336 e. The molecule has 21 heavy (non-hydrogen) atoms. The number of benzene rings is 1. The van der Waals surface area contributed by atoms with Crippen LogP contribution in [0.5, 0.6) is 0 Å². The molecule has 1 saturated carbocycles. The lowest BCUT2D eigenvalue weighted by Crippen LogP contribution is -2.49. The highest BCUT2D eigenvalue weighted by molar-refractivity contribution is 6.07. The Labute approximate surface area is 124 Å². The molecule has 0 saturated heterocycles. The van der Waals surface area contributed by atoms with E-state index < -0.39 is 17.4 Å². The Kier molecular flexibility index (Phi) is 4.32. The van der Waals surface area contributed by atoms with Gasteiger partial charge in [0.2, 0.25) is 0 Å². The van der Waals surface area contributed by atoms with E-state index in [-0.39, 0.29) is 17.7 Å². The number of aryl methyl sites for hydroxylation is 2. The summed E-state index contributed by atoms with van der Waals surface area (Å²) in [6.45, 7) is 3.28. The standard InChI is InChI=1S/C16H21NO4/c1-10-5-6-11(2)13(15(20)21)12(10)14(19)17-16(9-18)7-3-4-8-16/h5-6,18H,3-4,7-9H2,1-2H3,(H,17,19)(H,20,21). The average Bonchev–Trinajstić information content (AvgIpc) is 2.89. The Morgan fingerprint density at radius 3 is 2.14 bits per heavy atom. The number of carbonyl (C=O) groups excluding carboxylic acids is 1. The minimum absolute atomic E-state index is 0.0404. The van der Waals surface area contributed by atoms with Gasteiger partial charge in [-0.25, -0.2) is 4.79 Å². The Morgan fingerprint density at radius 1 is 1.14 bits per heavy atom. The molecular weight excluding hydrogens is 270 g/mol. The summed E-state index contributed by atoms with van der Waals surface area (Å²) in [5, 5.41) is 21.8. The van der Waals surface area contributed by atoms with E-state index in [2.05, 4.69) is 5.32 Å². The van der Waals surface area contributed by atoms with Gasteiger partial charge in [-0.3, -0.25) is 4.79 Å². The fourth-order valence-corrected chi connectivity index (χ4v) is 3.06. The number of aromatic carboxylic acids is 1. The van der Waals surface area contributed by atoms with E-state index in [1.54, 1.807) is 26.0 Å². The zero-order valence-corrected chi connectivity index (χ0v) is 12.4. The SMILES string of the molecule is Cc1ccc(C)c(C(=O)NC2(CO)CCCC2)c1C(=O)O. The molecule has 1 aliphatic carbocycles. The molecule has 114 valence electrons. The quantitative estimate of drug-likeness (QED) is 0.792. The highest BCUT2D eigenvalue weighted by Crippen LogP contribution is 2.30. The van der Waals surface area contributed by atoms with Crippen LogP contribution in [0.1, 0.15) is 57.5 Å². The Morgan fingerprint density at radius 2 is 1.67 bits per heavy atom. The van der Waals surface area contributed by atoms with Crippen molar-refractivity contribution in [2.24, 2.45) is 0 Å². The molecule has 0 unspecified atom stereocenters. The van der Waals surface area contributed by atoms with E-state index in [9.17, 15) is 19.8 Å². The zero-order valence-electron chi connectivity index (χ0n) is 12.4. The van der Waals surface area contributed by atoms with E-state index in [0.717, 1.165) is 25.7 Å². The predicted molar refractivity (Wildman–Crippen MR) is 78.6 cm³/mol. The van der Waals surface area contributed by atoms with E-state index in [1.807, 2.05) is 0 Å². The van der Waals surface area contributed by atoms with E-state index in [0.29, 0.717) is 11.1 Å². The number of carboxylic acid groups (broad SMARTS) is 1. The first kappa shape index (κ1) is 15.5. The normalized spacial score (nSPS) is 16.7. The maximum atomic E-state index is 12.6. The first-order chi connectivity index (χ1) is 9.90. The molecular formula is C16H21NO4. The van der Waals surface area contributed by atoms with Crippen molar-refractivity contribution in [3.8, 4) is 0 Å². The van der Waals surface area contributed by atoms with Crippen LogP contribution in [-0.4, -0.2) is 34.2 Å². The van der Waals surface area contributed by atoms with Crippen LogP contribution in [0.15, 0.2) is 12.1 Å². The van der Waals surface area contributed by atoms with Crippen LogP contribution in [0.3, 0.4) is 0 Å². The van der Waals surface area contributed by atoms with Gasteiger partial charge in [0.1, 0.15) is 0 Å². The molecule has 1 aromatic carbocycles. The molecule has 0 radical (unpaired) electrons. The molecule has 5 nitrogen and oxygen atoms in total.